The van der Waals surface area contributed by atoms with Crippen LogP contribution in [-0.4, -0.2) is 19.4 Å². The molecular weight excluding hydrogens is 226 g/mol. The molecule has 1 heterocycles. The van der Waals surface area contributed by atoms with E-state index in [-0.39, 0.29) is 6.79 Å². The summed E-state index contributed by atoms with van der Waals surface area (Å²) in [5, 5.41) is 4.13. The molecule has 0 bridgehead atoms. The lowest BCUT2D eigenvalue weighted by molar-refractivity contribution is 0.174. The molecule has 1 fully saturated rings. The molecule has 0 saturated heterocycles. The van der Waals surface area contributed by atoms with Crippen LogP contribution in [0.15, 0.2) is 12.1 Å². The Kier molecular flexibility index (Phi) is 2.65. The SMILES string of the molecule is Clc1cc(CCNC2CC2)cc2c1OCO2. The van der Waals surface area contributed by atoms with Crippen molar-refractivity contribution in [2.24, 2.45) is 0 Å². The van der Waals surface area contributed by atoms with Gasteiger partial charge >= 0.3 is 0 Å². The van der Waals surface area contributed by atoms with Crippen molar-refractivity contribution in [3.8, 4) is 11.5 Å². The molecule has 86 valence electrons. The Hall–Kier alpha value is -0.930. The highest BCUT2D eigenvalue weighted by molar-refractivity contribution is 6.32. The highest BCUT2D eigenvalue weighted by Gasteiger charge is 2.21. The molecule has 0 amide bonds. The van der Waals surface area contributed by atoms with Crippen LogP contribution in [0.1, 0.15) is 18.4 Å². The molecule has 0 aromatic heterocycles. The molecule has 1 aromatic rings. The topological polar surface area (TPSA) is 30.5 Å². The van der Waals surface area contributed by atoms with Crippen molar-refractivity contribution >= 4 is 11.6 Å². The lowest BCUT2D eigenvalue weighted by Crippen LogP contribution is -2.19. The number of hydrogen-bond donors (Lipinski definition) is 1. The molecule has 1 N–H and O–H groups in total. The summed E-state index contributed by atoms with van der Waals surface area (Å²) in [6.45, 7) is 1.28. The molecule has 16 heavy (non-hydrogen) atoms. The number of fused-ring (bicyclic) bond motifs is 1. The average molecular weight is 240 g/mol. The fourth-order valence-corrected chi connectivity index (χ4v) is 2.16. The van der Waals surface area contributed by atoms with E-state index < -0.39 is 0 Å². The van der Waals surface area contributed by atoms with Crippen molar-refractivity contribution in [2.45, 2.75) is 25.3 Å². The smallest absolute Gasteiger partial charge is 0.231 e. The Morgan fingerprint density at radius 1 is 1.31 bits per heavy atom. The molecule has 0 spiro atoms. The molecule has 0 unspecified atom stereocenters. The zero-order valence-corrected chi connectivity index (χ0v) is 9.72. The third-order valence-corrected chi connectivity index (χ3v) is 3.19. The second-order valence-electron chi connectivity index (χ2n) is 4.29. The van der Waals surface area contributed by atoms with E-state index in [0.29, 0.717) is 10.8 Å². The number of halogens is 1. The predicted octanol–water partition coefficient (Wildman–Crippen LogP) is 2.36. The number of nitrogens with one attached hydrogen (secondary N) is 1. The highest BCUT2D eigenvalue weighted by Crippen LogP contribution is 2.39. The summed E-state index contributed by atoms with van der Waals surface area (Å²) in [5.74, 6) is 1.45. The lowest BCUT2D eigenvalue weighted by atomic mass is 10.1. The van der Waals surface area contributed by atoms with Crippen molar-refractivity contribution in [1.29, 1.82) is 0 Å². The highest BCUT2D eigenvalue weighted by atomic mass is 35.5. The molecular formula is C12H14ClNO2. The first-order valence-electron chi connectivity index (χ1n) is 5.64. The summed E-state index contributed by atoms with van der Waals surface area (Å²) in [6, 6.07) is 4.73. The van der Waals surface area contributed by atoms with Gasteiger partial charge < -0.3 is 14.8 Å². The molecule has 4 heteroatoms. The van der Waals surface area contributed by atoms with Crippen LogP contribution in [0.4, 0.5) is 0 Å². The maximum absolute atomic E-state index is 6.10. The summed E-state index contributed by atoms with van der Waals surface area (Å²) in [5.41, 5.74) is 1.20. The summed E-state index contributed by atoms with van der Waals surface area (Å²) in [4.78, 5) is 0. The number of rotatable bonds is 4. The van der Waals surface area contributed by atoms with Gasteiger partial charge in [-0.15, -0.1) is 0 Å². The first-order valence-corrected chi connectivity index (χ1v) is 6.02. The van der Waals surface area contributed by atoms with Crippen LogP contribution in [0, 0.1) is 0 Å². The minimum Gasteiger partial charge on any atom is -0.454 e. The van der Waals surface area contributed by atoms with Crippen LogP contribution >= 0.6 is 11.6 Å². The third kappa shape index (κ3) is 2.11. The maximum atomic E-state index is 6.10. The van der Waals surface area contributed by atoms with Gasteiger partial charge in [0.05, 0.1) is 5.02 Å². The first kappa shape index (κ1) is 10.2. The van der Waals surface area contributed by atoms with E-state index in [4.69, 9.17) is 21.1 Å². The van der Waals surface area contributed by atoms with Gasteiger partial charge in [-0.05, 0) is 43.5 Å². The van der Waals surface area contributed by atoms with Crippen molar-refractivity contribution in [3.05, 3.63) is 22.7 Å². The van der Waals surface area contributed by atoms with Crippen LogP contribution in [0.5, 0.6) is 11.5 Å². The van der Waals surface area contributed by atoms with E-state index in [1.807, 2.05) is 12.1 Å². The van der Waals surface area contributed by atoms with Gasteiger partial charge in [-0.1, -0.05) is 11.6 Å². The zero-order chi connectivity index (χ0) is 11.0. The fraction of sp³-hybridized carbons (Fsp3) is 0.500. The molecule has 3 nitrogen and oxygen atoms in total. The van der Waals surface area contributed by atoms with E-state index in [1.54, 1.807) is 0 Å². The Morgan fingerprint density at radius 3 is 3.00 bits per heavy atom. The van der Waals surface area contributed by atoms with Gasteiger partial charge in [-0.2, -0.15) is 0 Å². The van der Waals surface area contributed by atoms with Crippen LogP contribution in [-0.2, 0) is 6.42 Å². The average Bonchev–Trinajstić information content (AvgIpc) is 2.94. The van der Waals surface area contributed by atoms with E-state index in [9.17, 15) is 0 Å². The van der Waals surface area contributed by atoms with E-state index in [0.717, 1.165) is 24.8 Å². The number of benzene rings is 1. The fourth-order valence-electron chi connectivity index (χ4n) is 1.87. The summed E-state index contributed by atoms with van der Waals surface area (Å²) >= 11 is 6.10. The predicted molar refractivity (Wildman–Crippen MR) is 62.3 cm³/mol. The van der Waals surface area contributed by atoms with Gasteiger partial charge in [0.25, 0.3) is 0 Å². The monoisotopic (exact) mass is 239 g/mol. The third-order valence-electron chi connectivity index (χ3n) is 2.91. The van der Waals surface area contributed by atoms with Gasteiger partial charge in [0.1, 0.15) is 0 Å². The van der Waals surface area contributed by atoms with Crippen LogP contribution in [0.3, 0.4) is 0 Å². The zero-order valence-electron chi connectivity index (χ0n) is 8.96. The van der Waals surface area contributed by atoms with Crippen LogP contribution < -0.4 is 14.8 Å². The van der Waals surface area contributed by atoms with Crippen molar-refractivity contribution in [2.75, 3.05) is 13.3 Å². The van der Waals surface area contributed by atoms with E-state index in [2.05, 4.69) is 5.32 Å². The number of ether oxygens (including phenoxy) is 2. The summed E-state index contributed by atoms with van der Waals surface area (Å²) in [6.07, 6.45) is 3.62. The van der Waals surface area contributed by atoms with Gasteiger partial charge in [0, 0.05) is 6.04 Å². The Labute approximate surface area is 99.7 Å². The minimum absolute atomic E-state index is 0.277. The normalized spacial score (nSPS) is 17.8. The van der Waals surface area contributed by atoms with Gasteiger partial charge in [0.2, 0.25) is 6.79 Å². The molecule has 2 aliphatic rings. The van der Waals surface area contributed by atoms with E-state index in [1.165, 1.54) is 18.4 Å². The molecule has 1 aliphatic carbocycles. The second kappa shape index (κ2) is 4.15. The Balaban J connectivity index is 1.67. The maximum Gasteiger partial charge on any atom is 0.231 e. The molecule has 0 radical (unpaired) electrons. The molecule has 1 aliphatic heterocycles. The van der Waals surface area contributed by atoms with Crippen LogP contribution in [0.25, 0.3) is 0 Å². The summed E-state index contributed by atoms with van der Waals surface area (Å²) in [7, 11) is 0. The van der Waals surface area contributed by atoms with Crippen molar-refractivity contribution < 1.29 is 9.47 Å². The first-order chi connectivity index (χ1) is 7.83. The lowest BCUT2D eigenvalue weighted by Gasteiger charge is -2.05. The number of hydrogen-bond acceptors (Lipinski definition) is 3. The quantitative estimate of drug-likeness (QED) is 0.875. The van der Waals surface area contributed by atoms with E-state index >= 15 is 0 Å². The van der Waals surface area contributed by atoms with Crippen molar-refractivity contribution in [1.82, 2.24) is 5.32 Å². The van der Waals surface area contributed by atoms with Gasteiger partial charge in [-0.3, -0.25) is 0 Å². The molecule has 1 saturated carbocycles. The van der Waals surface area contributed by atoms with Crippen LogP contribution in [0.2, 0.25) is 5.02 Å². The molecule has 0 atom stereocenters. The minimum atomic E-state index is 0.277. The van der Waals surface area contributed by atoms with Gasteiger partial charge in [-0.25, -0.2) is 0 Å². The Morgan fingerprint density at radius 2 is 2.19 bits per heavy atom. The summed E-state index contributed by atoms with van der Waals surface area (Å²) < 4.78 is 10.6. The Bertz CT molecular complexity index is 404. The largest absolute Gasteiger partial charge is 0.454 e. The molecule has 3 rings (SSSR count). The molecule has 1 aromatic carbocycles. The van der Waals surface area contributed by atoms with Crippen molar-refractivity contribution in [3.63, 3.8) is 0 Å². The van der Waals surface area contributed by atoms with Gasteiger partial charge in [0.15, 0.2) is 11.5 Å². The standard InChI is InChI=1S/C12H14ClNO2/c13-10-5-8(3-4-14-9-1-2-9)6-11-12(10)16-7-15-11/h5-6,9,14H,1-4,7H2. The second-order valence-corrected chi connectivity index (χ2v) is 4.70.